The Labute approximate surface area is 183 Å². The summed E-state index contributed by atoms with van der Waals surface area (Å²) in [6.45, 7) is 5.97. The molecule has 2 rings (SSSR count). The molecule has 0 spiro atoms. The molecular formula is C24H32O7. The molecule has 7 heteroatoms. The third-order valence-corrected chi connectivity index (χ3v) is 5.43. The fraction of sp³-hybridized carbons (Fsp3) is 0.542. The van der Waals surface area contributed by atoms with Crippen molar-refractivity contribution in [2.75, 3.05) is 14.2 Å². The van der Waals surface area contributed by atoms with Crippen molar-refractivity contribution in [3.05, 3.63) is 33.9 Å². The van der Waals surface area contributed by atoms with Crippen molar-refractivity contribution < 1.29 is 33.3 Å². The smallest absolute Gasteiger partial charge is 0.342 e. The van der Waals surface area contributed by atoms with Gasteiger partial charge in [-0.05, 0) is 38.7 Å². The molecule has 1 aromatic rings. The number of methoxy groups -OCH3 is 2. The van der Waals surface area contributed by atoms with Gasteiger partial charge in [-0.3, -0.25) is 9.59 Å². The lowest BCUT2D eigenvalue weighted by Gasteiger charge is -2.19. The summed E-state index contributed by atoms with van der Waals surface area (Å²) in [4.78, 5) is 36.4. The van der Waals surface area contributed by atoms with Crippen LogP contribution in [-0.2, 0) is 32.1 Å². The van der Waals surface area contributed by atoms with Crippen LogP contribution < -0.4 is 9.47 Å². The molecule has 1 aliphatic rings. The Bertz CT molecular complexity index is 867. The number of rotatable bonds is 11. The Balaban J connectivity index is 2.41. The number of fused-ring (bicyclic) bond motifs is 1. The molecule has 0 saturated carbocycles. The maximum Gasteiger partial charge on any atom is 0.342 e. The zero-order valence-electron chi connectivity index (χ0n) is 19.1. The van der Waals surface area contributed by atoms with E-state index in [1.165, 1.54) is 7.11 Å². The SMILES string of the molecule is CCCCCC(=O)Oc1c(C/C=C(\C)CCC(=O)OC)c(OC)c(C)c2c1C(=O)OC2. The van der Waals surface area contributed by atoms with Crippen molar-refractivity contribution in [3.8, 4) is 11.5 Å². The zero-order chi connectivity index (χ0) is 23.0. The number of hydrogen-bond donors (Lipinski definition) is 0. The summed E-state index contributed by atoms with van der Waals surface area (Å²) in [6, 6.07) is 0. The highest BCUT2D eigenvalue weighted by Crippen LogP contribution is 2.43. The summed E-state index contributed by atoms with van der Waals surface area (Å²) < 4.78 is 21.3. The van der Waals surface area contributed by atoms with Crippen LogP contribution in [0, 0.1) is 6.92 Å². The van der Waals surface area contributed by atoms with Gasteiger partial charge in [0.05, 0.1) is 14.2 Å². The molecule has 0 bridgehead atoms. The van der Waals surface area contributed by atoms with Gasteiger partial charge in [0.1, 0.15) is 17.9 Å². The van der Waals surface area contributed by atoms with Gasteiger partial charge < -0.3 is 18.9 Å². The average Bonchev–Trinajstić information content (AvgIpc) is 3.14. The largest absolute Gasteiger partial charge is 0.496 e. The van der Waals surface area contributed by atoms with E-state index in [9.17, 15) is 14.4 Å². The Kier molecular flexibility index (Phi) is 9.09. The quantitative estimate of drug-likeness (QED) is 0.218. The number of unbranched alkanes of at least 4 members (excludes halogenated alkanes) is 2. The number of ether oxygens (including phenoxy) is 4. The lowest BCUT2D eigenvalue weighted by molar-refractivity contribution is -0.140. The monoisotopic (exact) mass is 432 g/mol. The van der Waals surface area contributed by atoms with Gasteiger partial charge in [0, 0.05) is 24.0 Å². The molecule has 0 atom stereocenters. The fourth-order valence-electron chi connectivity index (χ4n) is 3.59. The number of carbonyl (C=O) groups excluding carboxylic acids is 3. The predicted molar refractivity (Wildman–Crippen MR) is 115 cm³/mol. The normalized spacial score (nSPS) is 12.9. The van der Waals surface area contributed by atoms with Crippen LogP contribution in [0.3, 0.4) is 0 Å². The van der Waals surface area contributed by atoms with Gasteiger partial charge in [0.2, 0.25) is 0 Å². The molecule has 0 N–H and O–H groups in total. The number of carbonyl (C=O) groups is 3. The minimum absolute atomic E-state index is 0.130. The first-order chi connectivity index (χ1) is 14.8. The van der Waals surface area contributed by atoms with E-state index >= 15 is 0 Å². The number of hydrogen-bond acceptors (Lipinski definition) is 7. The first-order valence-corrected chi connectivity index (χ1v) is 10.7. The maximum atomic E-state index is 12.5. The summed E-state index contributed by atoms with van der Waals surface area (Å²) in [6.07, 6.45) is 6.10. The molecule has 0 fully saturated rings. The molecule has 0 unspecified atom stereocenters. The van der Waals surface area contributed by atoms with E-state index in [-0.39, 0.29) is 37.1 Å². The van der Waals surface area contributed by atoms with Gasteiger partial charge in [0.15, 0.2) is 5.75 Å². The van der Waals surface area contributed by atoms with E-state index in [4.69, 9.17) is 14.2 Å². The van der Waals surface area contributed by atoms with Crippen LogP contribution in [-0.4, -0.2) is 32.1 Å². The van der Waals surface area contributed by atoms with Gasteiger partial charge in [-0.25, -0.2) is 4.79 Å². The molecule has 0 radical (unpaired) electrons. The number of cyclic esters (lactones) is 1. The first-order valence-electron chi connectivity index (χ1n) is 10.7. The number of allylic oxidation sites excluding steroid dienone is 2. The van der Waals surface area contributed by atoms with Crippen LogP contribution >= 0.6 is 0 Å². The Morgan fingerprint density at radius 1 is 1.06 bits per heavy atom. The summed E-state index contributed by atoms with van der Waals surface area (Å²) in [7, 11) is 2.91. The maximum absolute atomic E-state index is 12.5. The molecule has 31 heavy (non-hydrogen) atoms. The minimum atomic E-state index is -0.496. The van der Waals surface area contributed by atoms with Crippen molar-refractivity contribution in [1.82, 2.24) is 0 Å². The lowest BCUT2D eigenvalue weighted by atomic mass is 9.94. The van der Waals surface area contributed by atoms with Crippen molar-refractivity contribution in [3.63, 3.8) is 0 Å². The summed E-state index contributed by atoms with van der Waals surface area (Å²) in [5.74, 6) is -0.356. The third kappa shape index (κ3) is 6.09. The standard InChI is InChI=1S/C24H32O7/c1-6-7-8-9-20(26)31-23-17(12-10-15(2)11-13-19(25)28-4)22(29-5)16(3)18-14-30-24(27)21(18)23/h10H,6-9,11-14H2,1-5H3/b15-10+. The van der Waals surface area contributed by atoms with Crippen LogP contribution in [0.15, 0.2) is 11.6 Å². The summed E-state index contributed by atoms with van der Waals surface area (Å²) in [5, 5.41) is 0. The average molecular weight is 433 g/mol. The van der Waals surface area contributed by atoms with Crippen molar-refractivity contribution in [2.24, 2.45) is 0 Å². The molecular weight excluding hydrogens is 400 g/mol. The highest BCUT2D eigenvalue weighted by Gasteiger charge is 2.34. The molecule has 7 nitrogen and oxygen atoms in total. The van der Waals surface area contributed by atoms with Crippen LogP contribution in [0.4, 0.5) is 0 Å². The molecule has 0 saturated heterocycles. The highest BCUT2D eigenvalue weighted by atomic mass is 16.6. The van der Waals surface area contributed by atoms with E-state index in [0.717, 1.165) is 30.4 Å². The summed E-state index contributed by atoms with van der Waals surface area (Å²) in [5.41, 5.74) is 3.39. The van der Waals surface area contributed by atoms with Crippen molar-refractivity contribution in [2.45, 2.75) is 72.3 Å². The molecule has 1 aromatic carbocycles. The zero-order valence-corrected chi connectivity index (χ0v) is 19.1. The number of benzene rings is 1. The van der Waals surface area contributed by atoms with E-state index in [2.05, 4.69) is 11.7 Å². The van der Waals surface area contributed by atoms with Gasteiger partial charge in [-0.15, -0.1) is 0 Å². The van der Waals surface area contributed by atoms with Gasteiger partial charge in [-0.2, -0.15) is 0 Å². The van der Waals surface area contributed by atoms with Gasteiger partial charge in [0.25, 0.3) is 0 Å². The third-order valence-electron chi connectivity index (χ3n) is 5.43. The van der Waals surface area contributed by atoms with E-state index in [1.54, 1.807) is 7.11 Å². The highest BCUT2D eigenvalue weighted by molar-refractivity contribution is 5.99. The molecule has 0 aliphatic carbocycles. The Morgan fingerprint density at radius 2 is 1.81 bits per heavy atom. The lowest BCUT2D eigenvalue weighted by Crippen LogP contribution is -2.14. The molecule has 0 amide bonds. The second kappa shape index (κ2) is 11.5. The molecule has 170 valence electrons. The first kappa shape index (κ1) is 24.4. The minimum Gasteiger partial charge on any atom is -0.496 e. The van der Waals surface area contributed by atoms with Crippen LogP contribution in [0.5, 0.6) is 11.5 Å². The van der Waals surface area contributed by atoms with Crippen molar-refractivity contribution >= 4 is 17.9 Å². The number of esters is 3. The Morgan fingerprint density at radius 3 is 2.45 bits per heavy atom. The fourth-order valence-corrected chi connectivity index (χ4v) is 3.59. The van der Waals surface area contributed by atoms with E-state index in [1.807, 2.05) is 19.9 Å². The van der Waals surface area contributed by atoms with Crippen LogP contribution in [0.25, 0.3) is 0 Å². The predicted octanol–water partition coefficient (Wildman–Crippen LogP) is 4.60. The van der Waals surface area contributed by atoms with Gasteiger partial charge >= 0.3 is 17.9 Å². The topological polar surface area (TPSA) is 88.1 Å². The van der Waals surface area contributed by atoms with Crippen LogP contribution in [0.1, 0.15) is 79.4 Å². The molecule has 0 aromatic heterocycles. The van der Waals surface area contributed by atoms with E-state index < -0.39 is 5.97 Å². The second-order valence-electron chi connectivity index (χ2n) is 7.66. The summed E-state index contributed by atoms with van der Waals surface area (Å²) >= 11 is 0. The van der Waals surface area contributed by atoms with Gasteiger partial charge in [-0.1, -0.05) is 31.4 Å². The second-order valence-corrected chi connectivity index (χ2v) is 7.66. The van der Waals surface area contributed by atoms with Crippen molar-refractivity contribution in [1.29, 1.82) is 0 Å². The molecule has 1 aliphatic heterocycles. The molecule has 1 heterocycles. The van der Waals surface area contributed by atoms with Crippen LogP contribution in [0.2, 0.25) is 0 Å². The van der Waals surface area contributed by atoms with E-state index in [0.29, 0.717) is 35.3 Å². The Hall–Kier alpha value is -2.83.